The van der Waals surface area contributed by atoms with Crippen LogP contribution in [0.3, 0.4) is 0 Å². The molecule has 0 aliphatic heterocycles. The number of rotatable bonds is 3. The number of nitrogens with zero attached hydrogens (tertiary/aromatic N) is 2. The van der Waals surface area contributed by atoms with Gasteiger partial charge in [-0.3, -0.25) is 14.6 Å². The molecule has 2 rings (SSSR count). The quantitative estimate of drug-likeness (QED) is 0.662. The predicted octanol–water partition coefficient (Wildman–Crippen LogP) is -0.256. The van der Waals surface area contributed by atoms with Gasteiger partial charge in [-0.05, 0) is 25.1 Å². The summed E-state index contributed by atoms with van der Waals surface area (Å²) in [6.45, 7) is 1.35. The van der Waals surface area contributed by atoms with Gasteiger partial charge >= 0.3 is 0 Å². The molecule has 0 saturated heterocycles. The fourth-order valence-electron chi connectivity index (χ4n) is 1.63. The zero-order valence-corrected chi connectivity index (χ0v) is 10.2. The Balaban J connectivity index is 2.53. The molecule has 0 aromatic carbocycles. The van der Waals surface area contributed by atoms with E-state index >= 15 is 0 Å². The summed E-state index contributed by atoms with van der Waals surface area (Å²) in [5.41, 5.74) is -0.511. The van der Waals surface area contributed by atoms with Gasteiger partial charge in [0.15, 0.2) is 0 Å². The number of aliphatic hydroxyl groups is 1. The summed E-state index contributed by atoms with van der Waals surface area (Å²) in [6.07, 6.45) is 1.49. The molecule has 0 bridgehead atoms. The predicted molar refractivity (Wildman–Crippen MR) is 67.2 cm³/mol. The van der Waals surface area contributed by atoms with Crippen LogP contribution in [0.2, 0.25) is 0 Å². The van der Waals surface area contributed by atoms with Crippen LogP contribution >= 0.6 is 0 Å². The SMILES string of the molecule is CC(CO)NC(=O)c1cc2ncccc2n(O)c1=O. The molecule has 0 aliphatic rings. The minimum absolute atomic E-state index is 0.222. The van der Waals surface area contributed by atoms with E-state index in [1.807, 2.05) is 0 Å². The second kappa shape index (κ2) is 5.07. The van der Waals surface area contributed by atoms with Gasteiger partial charge < -0.3 is 15.6 Å². The Hall–Kier alpha value is -2.41. The van der Waals surface area contributed by atoms with Gasteiger partial charge in [0, 0.05) is 12.2 Å². The molecule has 1 unspecified atom stereocenters. The van der Waals surface area contributed by atoms with E-state index in [1.54, 1.807) is 13.0 Å². The van der Waals surface area contributed by atoms with Crippen molar-refractivity contribution < 1.29 is 15.1 Å². The first kappa shape index (κ1) is 13.0. The maximum atomic E-state index is 11.9. The van der Waals surface area contributed by atoms with Crippen LogP contribution in [0.5, 0.6) is 0 Å². The number of aliphatic hydroxyl groups excluding tert-OH is 1. The number of carbonyl (C=O) groups excluding carboxylic acids is 1. The Morgan fingerprint density at radius 1 is 1.58 bits per heavy atom. The lowest BCUT2D eigenvalue weighted by Crippen LogP contribution is -2.39. The lowest BCUT2D eigenvalue weighted by atomic mass is 10.2. The zero-order chi connectivity index (χ0) is 14.0. The number of fused-ring (bicyclic) bond motifs is 1. The van der Waals surface area contributed by atoms with E-state index in [0.29, 0.717) is 10.2 Å². The average Bonchev–Trinajstić information content (AvgIpc) is 2.42. The van der Waals surface area contributed by atoms with Crippen LogP contribution in [0.15, 0.2) is 29.2 Å². The fourth-order valence-corrected chi connectivity index (χ4v) is 1.63. The largest absolute Gasteiger partial charge is 0.425 e. The number of pyridine rings is 2. The van der Waals surface area contributed by atoms with Crippen LogP contribution in [0.4, 0.5) is 0 Å². The van der Waals surface area contributed by atoms with Gasteiger partial charge in [-0.15, -0.1) is 4.73 Å². The minimum Gasteiger partial charge on any atom is -0.425 e. The van der Waals surface area contributed by atoms with Crippen LogP contribution in [-0.4, -0.2) is 38.6 Å². The van der Waals surface area contributed by atoms with Gasteiger partial charge in [0.1, 0.15) is 11.1 Å². The summed E-state index contributed by atoms with van der Waals surface area (Å²) >= 11 is 0. The second-order valence-corrected chi connectivity index (χ2v) is 4.14. The van der Waals surface area contributed by atoms with Gasteiger partial charge in [-0.25, -0.2) is 0 Å². The average molecular weight is 263 g/mol. The molecular weight excluding hydrogens is 250 g/mol. The van der Waals surface area contributed by atoms with Crippen LogP contribution in [0, 0.1) is 0 Å². The molecule has 3 N–H and O–H groups in total. The Morgan fingerprint density at radius 2 is 2.32 bits per heavy atom. The summed E-state index contributed by atoms with van der Waals surface area (Å²) in [7, 11) is 0. The molecular formula is C12H13N3O4. The smallest absolute Gasteiger partial charge is 0.296 e. The Kier molecular flexibility index (Phi) is 3.48. The van der Waals surface area contributed by atoms with Crippen molar-refractivity contribution in [2.45, 2.75) is 13.0 Å². The first-order chi connectivity index (χ1) is 9.04. The third-order valence-corrected chi connectivity index (χ3v) is 2.64. The van der Waals surface area contributed by atoms with Crippen LogP contribution < -0.4 is 10.9 Å². The summed E-state index contributed by atoms with van der Waals surface area (Å²) in [6, 6.07) is 3.91. The highest BCUT2D eigenvalue weighted by Gasteiger charge is 2.17. The van der Waals surface area contributed by atoms with Crippen LogP contribution in [-0.2, 0) is 0 Å². The summed E-state index contributed by atoms with van der Waals surface area (Å²) < 4.78 is 0.390. The summed E-state index contributed by atoms with van der Waals surface area (Å²) in [4.78, 5) is 27.7. The van der Waals surface area contributed by atoms with E-state index in [-0.39, 0.29) is 17.7 Å². The molecule has 1 amide bonds. The third-order valence-electron chi connectivity index (χ3n) is 2.64. The Morgan fingerprint density at radius 3 is 3.00 bits per heavy atom. The highest BCUT2D eigenvalue weighted by atomic mass is 16.5. The van der Waals surface area contributed by atoms with Crippen LogP contribution in [0.25, 0.3) is 11.0 Å². The van der Waals surface area contributed by atoms with Gasteiger partial charge in [-0.2, -0.15) is 0 Å². The number of nitrogens with one attached hydrogen (secondary N) is 1. The maximum Gasteiger partial charge on any atom is 0.296 e. The maximum absolute atomic E-state index is 11.9. The molecule has 7 heteroatoms. The first-order valence-electron chi connectivity index (χ1n) is 5.66. The normalized spacial score (nSPS) is 12.3. The number of aromatic nitrogens is 2. The topological polar surface area (TPSA) is 104 Å². The molecule has 2 heterocycles. The van der Waals surface area contributed by atoms with Crippen molar-refractivity contribution in [1.82, 2.24) is 15.0 Å². The number of hydrogen-bond donors (Lipinski definition) is 3. The van der Waals surface area contributed by atoms with Crippen LogP contribution in [0.1, 0.15) is 17.3 Å². The van der Waals surface area contributed by atoms with E-state index in [2.05, 4.69) is 10.3 Å². The molecule has 0 saturated carbocycles. The van der Waals surface area contributed by atoms with Crippen molar-refractivity contribution in [3.05, 3.63) is 40.3 Å². The van der Waals surface area contributed by atoms with Crippen molar-refractivity contribution in [2.24, 2.45) is 0 Å². The molecule has 2 aromatic heterocycles. The van der Waals surface area contributed by atoms with E-state index in [0.717, 1.165) is 0 Å². The molecule has 0 aliphatic carbocycles. The molecule has 0 spiro atoms. The van der Waals surface area contributed by atoms with E-state index in [4.69, 9.17) is 5.11 Å². The van der Waals surface area contributed by atoms with Crippen molar-refractivity contribution in [1.29, 1.82) is 0 Å². The van der Waals surface area contributed by atoms with Crippen molar-refractivity contribution in [3.8, 4) is 0 Å². The van der Waals surface area contributed by atoms with Gasteiger partial charge in [0.05, 0.1) is 12.1 Å². The van der Waals surface area contributed by atoms with E-state index in [1.165, 1.54) is 18.3 Å². The number of hydrogen-bond acceptors (Lipinski definition) is 5. The highest BCUT2D eigenvalue weighted by Crippen LogP contribution is 2.09. The number of amides is 1. The minimum atomic E-state index is -0.830. The third kappa shape index (κ3) is 2.41. The lowest BCUT2D eigenvalue weighted by molar-refractivity contribution is 0.0915. The molecule has 0 fully saturated rings. The molecule has 19 heavy (non-hydrogen) atoms. The first-order valence-corrected chi connectivity index (χ1v) is 5.66. The molecule has 0 radical (unpaired) electrons. The molecule has 7 nitrogen and oxygen atoms in total. The monoisotopic (exact) mass is 263 g/mol. The standard InChI is InChI=1S/C12H13N3O4/c1-7(6-16)14-11(17)8-5-9-10(3-2-4-13-9)15(19)12(8)18/h2-5,7,16,19H,6H2,1H3,(H,14,17). The Labute approximate surface area is 108 Å². The fraction of sp³-hybridized carbons (Fsp3) is 0.250. The van der Waals surface area contributed by atoms with Crippen molar-refractivity contribution in [3.63, 3.8) is 0 Å². The molecule has 2 aromatic rings. The Bertz CT molecular complexity index is 680. The van der Waals surface area contributed by atoms with E-state index < -0.39 is 17.5 Å². The highest BCUT2D eigenvalue weighted by molar-refractivity contribution is 5.96. The molecule has 100 valence electrons. The van der Waals surface area contributed by atoms with Gasteiger partial charge in [0.25, 0.3) is 11.5 Å². The lowest BCUT2D eigenvalue weighted by Gasteiger charge is -2.11. The van der Waals surface area contributed by atoms with Crippen molar-refractivity contribution in [2.75, 3.05) is 6.61 Å². The van der Waals surface area contributed by atoms with Gasteiger partial charge in [-0.1, -0.05) is 0 Å². The summed E-state index contributed by atoms with van der Waals surface area (Å²) in [5.74, 6) is -0.665. The van der Waals surface area contributed by atoms with E-state index in [9.17, 15) is 14.8 Å². The summed E-state index contributed by atoms with van der Waals surface area (Å²) in [5, 5.41) is 21.0. The number of carbonyl (C=O) groups is 1. The van der Waals surface area contributed by atoms with Crippen molar-refractivity contribution >= 4 is 16.9 Å². The molecule has 1 atom stereocenters. The van der Waals surface area contributed by atoms with Gasteiger partial charge in [0.2, 0.25) is 0 Å². The second-order valence-electron chi connectivity index (χ2n) is 4.14. The zero-order valence-electron chi connectivity index (χ0n) is 10.2.